The van der Waals surface area contributed by atoms with E-state index in [1.807, 2.05) is 4.90 Å². The minimum atomic E-state index is -0.276. The molecular formula is C19H25N3O3S. The Balaban J connectivity index is 1.70. The standard InChI is InChI=1S/C19H25N3O3S/c1-13-7-14(2)9-21(8-13)19(25)15-5-3-4-6-16(15)20-17(23)10-22-12-26-11-18(22)24/h3-6,13-14H,7-12H2,1-2H3,(H,20,23)/t13-,14+. The number of piperidine rings is 1. The van der Waals surface area contributed by atoms with E-state index in [1.165, 1.54) is 16.7 Å². The molecule has 0 bridgehead atoms. The Morgan fingerprint density at radius 2 is 1.88 bits per heavy atom. The molecule has 2 aliphatic heterocycles. The number of carbonyl (C=O) groups excluding carboxylic acids is 3. The van der Waals surface area contributed by atoms with Crippen molar-refractivity contribution in [2.24, 2.45) is 11.8 Å². The second-order valence-corrected chi connectivity index (χ2v) is 8.27. The van der Waals surface area contributed by atoms with E-state index in [4.69, 9.17) is 0 Å². The van der Waals surface area contributed by atoms with Crippen LogP contribution >= 0.6 is 11.8 Å². The normalized spacial score (nSPS) is 23.2. The smallest absolute Gasteiger partial charge is 0.255 e. The van der Waals surface area contributed by atoms with Gasteiger partial charge in [-0.2, -0.15) is 0 Å². The molecule has 7 heteroatoms. The van der Waals surface area contributed by atoms with Gasteiger partial charge in [0.25, 0.3) is 5.91 Å². The molecule has 0 saturated carbocycles. The van der Waals surface area contributed by atoms with Crippen molar-refractivity contribution in [1.82, 2.24) is 9.80 Å². The zero-order valence-electron chi connectivity index (χ0n) is 15.2. The third-order valence-electron chi connectivity index (χ3n) is 4.75. The molecule has 2 aliphatic rings. The van der Waals surface area contributed by atoms with Crippen LogP contribution in [-0.4, -0.2) is 58.8 Å². The number of anilines is 1. The second-order valence-electron chi connectivity index (χ2n) is 7.32. The lowest BCUT2D eigenvalue weighted by Crippen LogP contribution is -2.43. The first-order valence-electron chi connectivity index (χ1n) is 8.97. The monoisotopic (exact) mass is 375 g/mol. The fraction of sp³-hybridized carbons (Fsp3) is 0.526. The van der Waals surface area contributed by atoms with Crippen molar-refractivity contribution >= 4 is 35.2 Å². The van der Waals surface area contributed by atoms with Crippen LogP contribution in [0.25, 0.3) is 0 Å². The number of nitrogens with one attached hydrogen (secondary N) is 1. The molecule has 26 heavy (non-hydrogen) atoms. The zero-order valence-corrected chi connectivity index (χ0v) is 16.1. The fourth-order valence-corrected chi connectivity index (χ4v) is 4.59. The van der Waals surface area contributed by atoms with E-state index in [0.717, 1.165) is 19.5 Å². The highest BCUT2D eigenvalue weighted by atomic mass is 32.2. The van der Waals surface area contributed by atoms with Crippen molar-refractivity contribution in [2.45, 2.75) is 20.3 Å². The van der Waals surface area contributed by atoms with Crippen LogP contribution in [0.5, 0.6) is 0 Å². The van der Waals surface area contributed by atoms with Gasteiger partial charge in [-0.25, -0.2) is 0 Å². The molecule has 0 unspecified atom stereocenters. The van der Waals surface area contributed by atoms with Gasteiger partial charge in [-0.15, -0.1) is 11.8 Å². The molecule has 1 N–H and O–H groups in total. The van der Waals surface area contributed by atoms with Gasteiger partial charge in [0.15, 0.2) is 0 Å². The lowest BCUT2D eigenvalue weighted by atomic mass is 9.91. The maximum absolute atomic E-state index is 13.0. The highest BCUT2D eigenvalue weighted by Gasteiger charge is 2.28. The predicted octanol–water partition coefficient (Wildman–Crippen LogP) is 2.28. The molecule has 0 radical (unpaired) electrons. The Hall–Kier alpha value is -2.02. The highest BCUT2D eigenvalue weighted by molar-refractivity contribution is 8.00. The van der Waals surface area contributed by atoms with Gasteiger partial charge >= 0.3 is 0 Å². The molecule has 1 aromatic carbocycles. The summed E-state index contributed by atoms with van der Waals surface area (Å²) in [6.07, 6.45) is 1.13. The quantitative estimate of drug-likeness (QED) is 0.877. The van der Waals surface area contributed by atoms with E-state index >= 15 is 0 Å². The largest absolute Gasteiger partial charge is 0.338 e. The first kappa shape index (κ1) is 18.8. The summed E-state index contributed by atoms with van der Waals surface area (Å²) >= 11 is 1.50. The average molecular weight is 375 g/mol. The Labute approximate surface area is 158 Å². The molecule has 3 rings (SSSR count). The summed E-state index contributed by atoms with van der Waals surface area (Å²) in [5.41, 5.74) is 1.01. The van der Waals surface area contributed by atoms with Gasteiger partial charge in [0.05, 0.1) is 22.9 Å². The van der Waals surface area contributed by atoms with Gasteiger partial charge in [-0.3, -0.25) is 14.4 Å². The molecule has 140 valence electrons. The molecule has 2 fully saturated rings. The van der Waals surface area contributed by atoms with Crippen LogP contribution in [0, 0.1) is 11.8 Å². The van der Waals surface area contributed by atoms with E-state index in [0.29, 0.717) is 34.7 Å². The molecule has 2 heterocycles. The number of hydrogen-bond donors (Lipinski definition) is 1. The SMILES string of the molecule is C[C@@H]1C[C@H](C)CN(C(=O)c2ccccc2NC(=O)CN2CSCC2=O)C1. The number of amides is 3. The molecular weight excluding hydrogens is 350 g/mol. The summed E-state index contributed by atoms with van der Waals surface area (Å²) in [6.45, 7) is 5.82. The van der Waals surface area contributed by atoms with Gasteiger partial charge in [0.1, 0.15) is 6.54 Å². The molecule has 6 nitrogen and oxygen atoms in total. The third-order valence-corrected chi connectivity index (χ3v) is 5.69. The van der Waals surface area contributed by atoms with Crippen LogP contribution in [-0.2, 0) is 9.59 Å². The summed E-state index contributed by atoms with van der Waals surface area (Å²) in [6, 6.07) is 7.09. The summed E-state index contributed by atoms with van der Waals surface area (Å²) in [4.78, 5) is 40.4. The Bertz CT molecular complexity index is 699. The van der Waals surface area contributed by atoms with Crippen LogP contribution in [0.2, 0.25) is 0 Å². The van der Waals surface area contributed by atoms with Crippen molar-refractivity contribution in [1.29, 1.82) is 0 Å². The van der Waals surface area contributed by atoms with Crippen molar-refractivity contribution in [2.75, 3.05) is 36.6 Å². The molecule has 2 saturated heterocycles. The Morgan fingerprint density at radius 3 is 2.54 bits per heavy atom. The molecule has 0 aromatic heterocycles. The minimum absolute atomic E-state index is 0.0200. The zero-order chi connectivity index (χ0) is 18.7. The van der Waals surface area contributed by atoms with Crippen LogP contribution in [0.15, 0.2) is 24.3 Å². The van der Waals surface area contributed by atoms with Crippen molar-refractivity contribution in [3.05, 3.63) is 29.8 Å². The van der Waals surface area contributed by atoms with Gasteiger partial charge in [0.2, 0.25) is 11.8 Å². The fourth-order valence-electron chi connectivity index (χ4n) is 3.68. The maximum atomic E-state index is 13.0. The highest BCUT2D eigenvalue weighted by Crippen LogP contribution is 2.25. The number of likely N-dealkylation sites (tertiary alicyclic amines) is 1. The van der Waals surface area contributed by atoms with Gasteiger partial charge in [-0.1, -0.05) is 26.0 Å². The van der Waals surface area contributed by atoms with Crippen molar-refractivity contribution in [3.63, 3.8) is 0 Å². The van der Waals surface area contributed by atoms with Gasteiger partial charge < -0.3 is 15.1 Å². The van der Waals surface area contributed by atoms with E-state index in [2.05, 4.69) is 19.2 Å². The maximum Gasteiger partial charge on any atom is 0.255 e. The summed E-state index contributed by atoms with van der Waals surface area (Å²) < 4.78 is 0. The van der Waals surface area contributed by atoms with Gasteiger partial charge in [0, 0.05) is 13.1 Å². The lowest BCUT2D eigenvalue weighted by molar-refractivity contribution is -0.130. The number of benzene rings is 1. The number of thioether (sulfide) groups is 1. The second kappa shape index (κ2) is 8.12. The molecule has 0 aliphatic carbocycles. The van der Waals surface area contributed by atoms with Gasteiger partial charge in [-0.05, 0) is 30.4 Å². The Kier molecular flexibility index (Phi) is 5.86. The third kappa shape index (κ3) is 4.38. The van der Waals surface area contributed by atoms with E-state index in [1.54, 1.807) is 24.3 Å². The molecule has 2 atom stereocenters. The van der Waals surface area contributed by atoms with Crippen molar-refractivity contribution < 1.29 is 14.4 Å². The molecule has 1 aromatic rings. The Morgan fingerprint density at radius 1 is 1.19 bits per heavy atom. The number of para-hydroxylation sites is 1. The summed E-state index contributed by atoms with van der Waals surface area (Å²) in [5.74, 6) is 1.56. The van der Waals surface area contributed by atoms with Crippen LogP contribution in [0.3, 0.4) is 0 Å². The van der Waals surface area contributed by atoms with Crippen LogP contribution in [0.4, 0.5) is 5.69 Å². The van der Waals surface area contributed by atoms with E-state index in [-0.39, 0.29) is 24.3 Å². The number of carbonyl (C=O) groups is 3. The minimum Gasteiger partial charge on any atom is -0.338 e. The predicted molar refractivity (Wildman–Crippen MR) is 103 cm³/mol. The summed E-state index contributed by atoms with van der Waals surface area (Å²) in [5, 5.41) is 2.81. The van der Waals surface area contributed by atoms with E-state index < -0.39 is 0 Å². The van der Waals surface area contributed by atoms with Crippen LogP contribution in [0.1, 0.15) is 30.6 Å². The first-order chi connectivity index (χ1) is 12.4. The number of hydrogen-bond acceptors (Lipinski definition) is 4. The molecule has 3 amide bonds. The first-order valence-corrected chi connectivity index (χ1v) is 10.1. The average Bonchev–Trinajstić information content (AvgIpc) is 2.98. The van der Waals surface area contributed by atoms with E-state index in [9.17, 15) is 14.4 Å². The number of nitrogens with zero attached hydrogens (tertiary/aromatic N) is 2. The van der Waals surface area contributed by atoms with Crippen molar-refractivity contribution in [3.8, 4) is 0 Å². The lowest BCUT2D eigenvalue weighted by Gasteiger charge is -2.35. The molecule has 0 spiro atoms. The van der Waals surface area contributed by atoms with Crippen LogP contribution < -0.4 is 5.32 Å². The summed E-state index contributed by atoms with van der Waals surface area (Å²) in [7, 11) is 0. The topological polar surface area (TPSA) is 69.7 Å². The number of rotatable bonds is 4.